The topological polar surface area (TPSA) is 60.9 Å². The van der Waals surface area contributed by atoms with E-state index in [2.05, 4.69) is 53.4 Å². The zero-order valence-electron chi connectivity index (χ0n) is 16.8. The predicted molar refractivity (Wildman–Crippen MR) is 111 cm³/mol. The molecule has 1 N–H and O–H groups in total. The van der Waals surface area contributed by atoms with Crippen LogP contribution in [0.2, 0.25) is 0 Å². The highest BCUT2D eigenvalue weighted by Crippen LogP contribution is 2.56. The molecule has 4 rings (SSSR count). The van der Waals surface area contributed by atoms with Gasteiger partial charge < -0.3 is 10.0 Å². The molecule has 0 bridgehead atoms. The van der Waals surface area contributed by atoms with Gasteiger partial charge in [0.05, 0.1) is 17.4 Å². The molecule has 5 nitrogen and oxygen atoms in total. The van der Waals surface area contributed by atoms with E-state index < -0.39 is 11.4 Å². The smallest absolute Gasteiger partial charge is 0.310 e. The molecular formula is C24H28N2O3. The number of aliphatic carboxylic acids is 1. The summed E-state index contributed by atoms with van der Waals surface area (Å²) in [7, 11) is 0. The Labute approximate surface area is 171 Å². The largest absolute Gasteiger partial charge is 0.481 e. The molecule has 1 heterocycles. The van der Waals surface area contributed by atoms with Gasteiger partial charge in [0.15, 0.2) is 0 Å². The highest BCUT2D eigenvalue weighted by molar-refractivity contribution is 5.92. The number of carboxylic acids is 1. The van der Waals surface area contributed by atoms with Crippen LogP contribution in [0.5, 0.6) is 0 Å². The van der Waals surface area contributed by atoms with Crippen molar-refractivity contribution in [3.63, 3.8) is 0 Å². The van der Waals surface area contributed by atoms with Gasteiger partial charge in [-0.1, -0.05) is 67.6 Å². The number of nitrogens with zero attached hydrogens (tertiary/aromatic N) is 2. The Morgan fingerprint density at radius 3 is 1.90 bits per heavy atom. The van der Waals surface area contributed by atoms with E-state index in [0.717, 1.165) is 13.1 Å². The lowest BCUT2D eigenvalue weighted by Crippen LogP contribution is -2.50. The van der Waals surface area contributed by atoms with Crippen LogP contribution in [0.15, 0.2) is 60.7 Å². The van der Waals surface area contributed by atoms with Gasteiger partial charge in [-0.2, -0.15) is 0 Å². The van der Waals surface area contributed by atoms with E-state index in [9.17, 15) is 14.7 Å². The van der Waals surface area contributed by atoms with Crippen molar-refractivity contribution in [1.29, 1.82) is 0 Å². The number of amides is 1. The minimum absolute atomic E-state index is 0.0184. The van der Waals surface area contributed by atoms with Crippen LogP contribution in [-0.2, 0) is 9.59 Å². The molecule has 1 saturated heterocycles. The van der Waals surface area contributed by atoms with Crippen molar-refractivity contribution in [3.05, 3.63) is 71.8 Å². The maximum atomic E-state index is 12.9. The van der Waals surface area contributed by atoms with Gasteiger partial charge in [-0.15, -0.1) is 0 Å². The summed E-state index contributed by atoms with van der Waals surface area (Å²) in [6.45, 7) is 4.71. The van der Waals surface area contributed by atoms with Crippen molar-refractivity contribution in [2.24, 2.45) is 11.3 Å². The van der Waals surface area contributed by atoms with Gasteiger partial charge in [-0.25, -0.2) is 0 Å². The quantitative estimate of drug-likeness (QED) is 0.818. The number of carbonyl (C=O) groups is 2. The minimum atomic E-state index is -0.829. The fraction of sp³-hybridized carbons (Fsp3) is 0.417. The molecule has 2 aromatic carbocycles. The summed E-state index contributed by atoms with van der Waals surface area (Å²) in [6.07, 6.45) is 0.997. The molecule has 2 aliphatic rings. The normalized spacial score (nSPS) is 24.5. The Morgan fingerprint density at radius 2 is 1.48 bits per heavy atom. The Hall–Kier alpha value is -2.66. The van der Waals surface area contributed by atoms with Crippen LogP contribution in [0.4, 0.5) is 0 Å². The van der Waals surface area contributed by atoms with Gasteiger partial charge in [-0.3, -0.25) is 14.5 Å². The van der Waals surface area contributed by atoms with E-state index in [-0.39, 0.29) is 17.9 Å². The first kappa shape index (κ1) is 19.6. The Kier molecular flexibility index (Phi) is 5.41. The van der Waals surface area contributed by atoms with E-state index >= 15 is 0 Å². The maximum absolute atomic E-state index is 12.9. The molecule has 29 heavy (non-hydrogen) atoms. The fourth-order valence-electron chi connectivity index (χ4n) is 4.71. The third-order valence-corrected chi connectivity index (χ3v) is 6.65. The molecule has 1 aliphatic carbocycles. The second-order valence-electron chi connectivity index (χ2n) is 8.16. The molecule has 5 heteroatoms. The van der Waals surface area contributed by atoms with Gasteiger partial charge in [0.1, 0.15) is 0 Å². The number of hydrogen-bond acceptors (Lipinski definition) is 3. The predicted octanol–water partition coefficient (Wildman–Crippen LogP) is 3.42. The van der Waals surface area contributed by atoms with Gasteiger partial charge in [0.2, 0.25) is 5.91 Å². The first-order valence-electron chi connectivity index (χ1n) is 10.4. The van der Waals surface area contributed by atoms with E-state index in [1.807, 2.05) is 24.0 Å². The number of piperazine rings is 1. The molecular weight excluding hydrogens is 364 g/mol. The molecule has 0 aromatic heterocycles. The van der Waals surface area contributed by atoms with Crippen LogP contribution < -0.4 is 0 Å². The third kappa shape index (κ3) is 3.67. The van der Waals surface area contributed by atoms with Crippen molar-refractivity contribution in [2.75, 3.05) is 26.2 Å². The van der Waals surface area contributed by atoms with Crippen molar-refractivity contribution < 1.29 is 14.7 Å². The zero-order chi connectivity index (χ0) is 20.4. The lowest BCUT2D eigenvalue weighted by Gasteiger charge is -2.40. The number of rotatable bonds is 6. The first-order chi connectivity index (χ1) is 14.1. The molecule has 2 aromatic rings. The summed E-state index contributed by atoms with van der Waals surface area (Å²) in [4.78, 5) is 28.8. The maximum Gasteiger partial charge on any atom is 0.310 e. The first-order valence-corrected chi connectivity index (χ1v) is 10.4. The SMILES string of the molecule is CCC1(C(=O)O)CC1C(=O)N1CCN(C(c2ccccc2)c2ccccc2)CC1. The molecule has 1 aliphatic heterocycles. The monoisotopic (exact) mass is 392 g/mol. The second kappa shape index (κ2) is 7.99. The summed E-state index contributed by atoms with van der Waals surface area (Å²) < 4.78 is 0. The minimum Gasteiger partial charge on any atom is -0.481 e. The Bertz CT molecular complexity index is 823. The van der Waals surface area contributed by atoms with Crippen LogP contribution in [0, 0.1) is 11.3 Å². The van der Waals surface area contributed by atoms with Crippen LogP contribution in [0.1, 0.15) is 36.9 Å². The van der Waals surface area contributed by atoms with Crippen LogP contribution >= 0.6 is 0 Å². The van der Waals surface area contributed by atoms with Gasteiger partial charge in [0.25, 0.3) is 0 Å². The Morgan fingerprint density at radius 1 is 0.966 bits per heavy atom. The van der Waals surface area contributed by atoms with Crippen molar-refractivity contribution >= 4 is 11.9 Å². The van der Waals surface area contributed by atoms with E-state index in [1.165, 1.54) is 11.1 Å². The number of hydrogen-bond donors (Lipinski definition) is 1. The highest BCUT2D eigenvalue weighted by Gasteiger charge is 2.63. The second-order valence-corrected chi connectivity index (χ2v) is 8.16. The fourth-order valence-corrected chi connectivity index (χ4v) is 4.71. The summed E-state index contributed by atoms with van der Waals surface area (Å²) >= 11 is 0. The molecule has 0 radical (unpaired) electrons. The van der Waals surface area contributed by atoms with Gasteiger partial charge in [0, 0.05) is 26.2 Å². The third-order valence-electron chi connectivity index (χ3n) is 6.65. The van der Waals surface area contributed by atoms with Crippen molar-refractivity contribution in [2.45, 2.75) is 25.8 Å². The van der Waals surface area contributed by atoms with Gasteiger partial charge in [-0.05, 0) is 24.0 Å². The molecule has 2 unspecified atom stereocenters. The number of carbonyl (C=O) groups excluding carboxylic acids is 1. The Balaban J connectivity index is 1.46. The molecule has 2 fully saturated rings. The number of carboxylic acid groups (broad SMARTS) is 1. The average Bonchev–Trinajstić information content (AvgIpc) is 3.52. The van der Waals surface area contributed by atoms with Crippen LogP contribution in [-0.4, -0.2) is 53.0 Å². The van der Waals surface area contributed by atoms with Gasteiger partial charge >= 0.3 is 5.97 Å². The summed E-state index contributed by atoms with van der Waals surface area (Å²) in [5, 5.41) is 9.51. The highest BCUT2D eigenvalue weighted by atomic mass is 16.4. The number of benzene rings is 2. The molecule has 0 spiro atoms. The van der Waals surface area contributed by atoms with E-state index in [1.54, 1.807) is 0 Å². The summed E-state index contributed by atoms with van der Waals surface area (Å²) in [5.74, 6) is -1.16. The standard InChI is InChI=1S/C24H28N2O3/c1-2-24(23(28)29)17-20(24)22(27)26-15-13-25(14-16-26)21(18-9-5-3-6-10-18)19-11-7-4-8-12-19/h3-12,20-21H,2,13-17H2,1H3,(H,28,29). The van der Waals surface area contributed by atoms with E-state index in [4.69, 9.17) is 0 Å². The molecule has 1 saturated carbocycles. The summed E-state index contributed by atoms with van der Waals surface area (Å²) in [5.41, 5.74) is 1.67. The zero-order valence-corrected chi connectivity index (χ0v) is 16.8. The van der Waals surface area contributed by atoms with Crippen molar-refractivity contribution in [3.8, 4) is 0 Å². The average molecular weight is 392 g/mol. The van der Waals surface area contributed by atoms with Crippen LogP contribution in [0.3, 0.4) is 0 Å². The van der Waals surface area contributed by atoms with Crippen LogP contribution in [0.25, 0.3) is 0 Å². The molecule has 1 amide bonds. The molecule has 2 atom stereocenters. The lowest BCUT2D eigenvalue weighted by molar-refractivity contribution is -0.147. The lowest BCUT2D eigenvalue weighted by atomic mass is 9.96. The molecule has 152 valence electrons. The van der Waals surface area contributed by atoms with Crippen molar-refractivity contribution in [1.82, 2.24) is 9.80 Å². The van der Waals surface area contributed by atoms with E-state index in [0.29, 0.717) is 25.9 Å². The summed E-state index contributed by atoms with van der Waals surface area (Å²) in [6, 6.07) is 21.1.